The van der Waals surface area contributed by atoms with Crippen molar-refractivity contribution in [2.45, 2.75) is 5.71 Å². The van der Waals surface area contributed by atoms with E-state index in [9.17, 15) is 0 Å². The second-order valence-electron chi connectivity index (χ2n) is 0.872. The van der Waals surface area contributed by atoms with Crippen molar-refractivity contribution < 1.29 is 71.0 Å². The zero-order valence-corrected chi connectivity index (χ0v) is 13.5. The number of alkyl halides is 2. The molecule has 0 aliphatic heterocycles. The van der Waals surface area contributed by atoms with Crippen molar-refractivity contribution >= 4 is 37.4 Å². The van der Waals surface area contributed by atoms with Crippen LogP contribution in [0.4, 0.5) is 0 Å². The van der Waals surface area contributed by atoms with Crippen LogP contribution < -0.4 is 67.3 Å². The smallest absolute Gasteiger partial charge is 0.109 e. The fourth-order valence-corrected chi connectivity index (χ4v) is 0. The van der Waals surface area contributed by atoms with Crippen molar-refractivity contribution in [2.75, 3.05) is 5.34 Å². The molecule has 0 bridgehead atoms. The molecule has 0 N–H and O–H groups in total. The van der Waals surface area contributed by atoms with Crippen LogP contribution in [0.5, 0.6) is 0 Å². The van der Waals surface area contributed by atoms with Crippen LogP contribution in [0.25, 0.3) is 0 Å². The van der Waals surface area contributed by atoms with E-state index in [1.165, 1.54) is 0 Å². The summed E-state index contributed by atoms with van der Waals surface area (Å²) < 4.78 is 27.5. The summed E-state index contributed by atoms with van der Waals surface area (Å²) in [6, 6.07) is 0. The molecule has 10 heavy (non-hydrogen) atoms. The first-order valence-electron chi connectivity index (χ1n) is 1.53. The maximum Gasteiger partial charge on any atom is 1.00 e. The van der Waals surface area contributed by atoms with Crippen LogP contribution in [0.2, 0.25) is 5.71 Å². The predicted molar refractivity (Wildman–Crippen MR) is 28.9 cm³/mol. The van der Waals surface area contributed by atoms with Gasteiger partial charge in [0.15, 0.2) is 0 Å². The van der Waals surface area contributed by atoms with Crippen LogP contribution in [0.3, 0.4) is 0 Å². The van der Waals surface area contributed by atoms with E-state index in [1.807, 2.05) is 0 Å². The number of rotatable bonds is 0. The van der Waals surface area contributed by atoms with E-state index in [4.69, 9.17) is 35.1 Å². The Labute approximate surface area is 117 Å². The van der Waals surface area contributed by atoms with E-state index in [-0.39, 0.29) is 64.5 Å². The summed E-state index contributed by atoms with van der Waals surface area (Å²) in [4.78, 5) is 0. The standard InChI is InChI=1S/CH5AsO3.CH2Cl2.2Na/c1-2(3,4)5;2-1-3;;/h1H3,(H2,3,4,5);1H2;;/q;;2*+1/p-2. The van der Waals surface area contributed by atoms with Gasteiger partial charge in [0.05, 0.1) is 5.34 Å². The predicted octanol–water partition coefficient (Wildman–Crippen LogP) is -6.86. The second kappa shape index (κ2) is 14.4. The van der Waals surface area contributed by atoms with Gasteiger partial charge in [-0.1, -0.05) is 0 Å². The third-order valence-corrected chi connectivity index (χ3v) is 0. The summed E-state index contributed by atoms with van der Waals surface area (Å²) in [6.45, 7) is 0. The van der Waals surface area contributed by atoms with Gasteiger partial charge in [-0.25, -0.2) is 0 Å². The molecule has 8 heteroatoms. The van der Waals surface area contributed by atoms with Crippen molar-refractivity contribution in [2.24, 2.45) is 0 Å². The molecule has 0 aromatic rings. The molecular weight excluding hydrogens is 264 g/mol. The van der Waals surface area contributed by atoms with Crippen LogP contribution in [-0.2, 0) is 3.74 Å². The molecule has 0 fully saturated rings. The first-order chi connectivity index (χ1) is 3.41. The molecule has 0 aliphatic rings. The summed E-state index contributed by atoms with van der Waals surface area (Å²) in [7, 11) is 0. The topological polar surface area (TPSA) is 63.2 Å². The van der Waals surface area contributed by atoms with Gasteiger partial charge in [0, 0.05) is 0 Å². The molecule has 0 saturated carbocycles. The largest absolute Gasteiger partial charge is 1.00 e. The zero-order chi connectivity index (χ0) is 7.21. The van der Waals surface area contributed by atoms with Crippen LogP contribution in [-0.4, -0.2) is 19.5 Å². The van der Waals surface area contributed by atoms with Gasteiger partial charge in [0.25, 0.3) is 0 Å². The molecule has 0 aromatic heterocycles. The van der Waals surface area contributed by atoms with Gasteiger partial charge >= 0.3 is 90.9 Å². The van der Waals surface area contributed by atoms with E-state index in [1.54, 1.807) is 0 Å². The maximum absolute atomic E-state index is 9.16. The molecular formula is C2H5AsCl2Na2O3. The maximum atomic E-state index is 9.16. The van der Waals surface area contributed by atoms with E-state index < -0.39 is 14.2 Å². The van der Waals surface area contributed by atoms with Gasteiger partial charge in [-0.3, -0.25) is 0 Å². The summed E-state index contributed by atoms with van der Waals surface area (Å²) in [6.07, 6.45) is 0. The minimum absolute atomic E-state index is 0. The molecule has 0 aromatic carbocycles. The van der Waals surface area contributed by atoms with Gasteiger partial charge in [-0.15, -0.1) is 23.2 Å². The Hall–Kier alpha value is 2.86. The quantitative estimate of drug-likeness (QED) is 0.324. The Kier molecular flexibility index (Phi) is 33.1. The summed E-state index contributed by atoms with van der Waals surface area (Å²) in [5.74, 6) is 0. The number of halogens is 2. The summed E-state index contributed by atoms with van der Waals surface area (Å²) in [5, 5.41) is 0.194. The minimum Gasteiger partial charge on any atom is -0.109 e. The van der Waals surface area contributed by atoms with Crippen molar-refractivity contribution in [1.29, 1.82) is 0 Å². The van der Waals surface area contributed by atoms with Gasteiger partial charge in [0.2, 0.25) is 0 Å². The van der Waals surface area contributed by atoms with Crippen LogP contribution in [0.1, 0.15) is 0 Å². The number of hydrogen-bond donors (Lipinski definition) is 0. The van der Waals surface area contributed by atoms with Gasteiger partial charge in [-0.05, 0) is 0 Å². The Morgan fingerprint density at radius 2 is 1.30 bits per heavy atom. The minimum atomic E-state index is -4.62. The zero-order valence-electron chi connectivity index (χ0n) is 6.13. The molecule has 0 spiro atoms. The molecule has 0 radical (unpaired) electrons. The van der Waals surface area contributed by atoms with Gasteiger partial charge in [-0.2, -0.15) is 0 Å². The van der Waals surface area contributed by atoms with Crippen LogP contribution in [0.15, 0.2) is 0 Å². The van der Waals surface area contributed by atoms with Crippen LogP contribution in [0, 0.1) is 0 Å². The third-order valence-electron chi connectivity index (χ3n) is 0. The van der Waals surface area contributed by atoms with E-state index in [0.717, 1.165) is 0 Å². The monoisotopic (exact) mass is 268 g/mol. The first-order valence-corrected chi connectivity index (χ1v) is 6.77. The Bertz CT molecular complexity index is 78.3. The normalized spacial score (nSPS) is 7.70. The molecule has 0 saturated heterocycles. The molecule has 0 aliphatic carbocycles. The van der Waals surface area contributed by atoms with E-state index in [0.29, 0.717) is 5.71 Å². The molecule has 52 valence electrons. The Balaban J connectivity index is -0.0000000326. The van der Waals surface area contributed by atoms with Crippen molar-refractivity contribution in [1.82, 2.24) is 0 Å². The molecule has 0 heterocycles. The van der Waals surface area contributed by atoms with Gasteiger partial charge in [0.1, 0.15) is 0 Å². The fraction of sp³-hybridized carbons (Fsp3) is 1.00. The van der Waals surface area contributed by atoms with E-state index in [2.05, 4.69) is 0 Å². The SMILES string of the molecule is C[As](=O)([O-])[O-].ClCCl.[Na+].[Na+]. The van der Waals surface area contributed by atoms with Gasteiger partial charge < -0.3 is 0 Å². The molecule has 0 amide bonds. The third kappa shape index (κ3) is 129. The molecule has 0 unspecified atom stereocenters. The summed E-state index contributed by atoms with van der Waals surface area (Å²) >= 11 is 4.90. The van der Waals surface area contributed by atoms with Crippen molar-refractivity contribution in [3.63, 3.8) is 0 Å². The molecule has 3 nitrogen and oxygen atoms in total. The van der Waals surface area contributed by atoms with Crippen molar-refractivity contribution in [3.8, 4) is 0 Å². The fourth-order valence-electron chi connectivity index (χ4n) is 0. The molecule has 0 atom stereocenters. The Morgan fingerprint density at radius 1 is 1.30 bits per heavy atom. The summed E-state index contributed by atoms with van der Waals surface area (Å²) in [5.41, 5.74) is 0.693. The van der Waals surface area contributed by atoms with E-state index >= 15 is 0 Å². The van der Waals surface area contributed by atoms with Crippen LogP contribution >= 0.6 is 23.2 Å². The van der Waals surface area contributed by atoms with Crippen molar-refractivity contribution in [3.05, 3.63) is 0 Å². The Morgan fingerprint density at radius 3 is 1.30 bits per heavy atom. The average Bonchev–Trinajstić information content (AvgIpc) is 1.27. The second-order valence-corrected chi connectivity index (χ2v) is 4.92. The first kappa shape index (κ1) is 23.0. The number of hydrogen-bond acceptors (Lipinski definition) is 3. The molecule has 0 rings (SSSR count). The average molecular weight is 269 g/mol.